The Balaban J connectivity index is 0.00000220. The van der Waals surface area contributed by atoms with E-state index in [1.807, 2.05) is 18.2 Å². The molecule has 2 unspecified atom stereocenters. The molecule has 3 nitrogen and oxygen atoms in total. The van der Waals surface area contributed by atoms with Gasteiger partial charge in [0.2, 0.25) is 0 Å². The van der Waals surface area contributed by atoms with Crippen LogP contribution in [0.15, 0.2) is 24.3 Å². The number of nitriles is 1. The molecule has 0 aromatic heterocycles. The molecule has 21 heavy (non-hydrogen) atoms. The Morgan fingerprint density at radius 1 is 1.29 bits per heavy atom. The molecule has 0 spiro atoms. The van der Waals surface area contributed by atoms with Crippen LogP contribution in [0.1, 0.15) is 32.3 Å². The van der Waals surface area contributed by atoms with Gasteiger partial charge in [0.25, 0.3) is 0 Å². The van der Waals surface area contributed by atoms with E-state index in [-0.39, 0.29) is 12.4 Å². The molecule has 0 bridgehead atoms. The molecule has 2 atom stereocenters. The lowest BCUT2D eigenvalue weighted by Crippen LogP contribution is -2.39. The van der Waals surface area contributed by atoms with E-state index in [4.69, 9.17) is 10.00 Å². The molecule has 1 saturated heterocycles. The highest BCUT2D eigenvalue weighted by molar-refractivity contribution is 5.85. The molecular formula is C17H25ClN2O. The number of likely N-dealkylation sites (tertiary alicyclic amines) is 1. The van der Waals surface area contributed by atoms with Gasteiger partial charge in [-0.1, -0.05) is 26.0 Å². The highest BCUT2D eigenvalue weighted by Crippen LogP contribution is 2.22. The molecule has 1 aromatic rings. The summed E-state index contributed by atoms with van der Waals surface area (Å²) in [5.41, 5.74) is 0.618. The van der Waals surface area contributed by atoms with Gasteiger partial charge in [-0.05, 0) is 43.4 Å². The molecule has 0 saturated carbocycles. The standard InChI is InChI=1S/C17H24N2O.ClH/c1-14-8-10-19(13-15(14)2)9-5-11-20-17-7-4-3-6-16(17)12-18;/h3-4,6-7,14-15H,5,8-11,13H2,1-2H3;1H. The molecule has 1 aliphatic rings. The highest BCUT2D eigenvalue weighted by atomic mass is 35.5. The van der Waals surface area contributed by atoms with Gasteiger partial charge >= 0.3 is 0 Å². The summed E-state index contributed by atoms with van der Waals surface area (Å²) >= 11 is 0. The maximum atomic E-state index is 8.99. The number of piperidine rings is 1. The fourth-order valence-corrected chi connectivity index (χ4v) is 2.71. The normalized spacial score (nSPS) is 22.1. The molecule has 1 heterocycles. The lowest BCUT2D eigenvalue weighted by atomic mass is 9.89. The average Bonchev–Trinajstić information content (AvgIpc) is 2.47. The maximum absolute atomic E-state index is 8.99. The van der Waals surface area contributed by atoms with Crippen molar-refractivity contribution in [2.75, 3.05) is 26.2 Å². The number of benzene rings is 1. The Morgan fingerprint density at radius 2 is 2.05 bits per heavy atom. The van der Waals surface area contributed by atoms with Crippen LogP contribution in [0.3, 0.4) is 0 Å². The Hall–Kier alpha value is -1.24. The molecule has 116 valence electrons. The molecule has 1 aromatic carbocycles. The molecular weight excluding hydrogens is 284 g/mol. The van der Waals surface area contributed by atoms with Gasteiger partial charge in [-0.3, -0.25) is 0 Å². The lowest BCUT2D eigenvalue weighted by Gasteiger charge is -2.35. The summed E-state index contributed by atoms with van der Waals surface area (Å²) in [4.78, 5) is 2.53. The quantitative estimate of drug-likeness (QED) is 0.778. The first kappa shape index (κ1) is 17.8. The third kappa shape index (κ3) is 5.22. The van der Waals surface area contributed by atoms with Crippen molar-refractivity contribution in [3.63, 3.8) is 0 Å². The van der Waals surface area contributed by atoms with Crippen LogP contribution in [0.5, 0.6) is 5.75 Å². The molecule has 1 fully saturated rings. The summed E-state index contributed by atoms with van der Waals surface area (Å²) in [6.45, 7) is 8.88. The third-order valence-electron chi connectivity index (χ3n) is 4.30. The van der Waals surface area contributed by atoms with E-state index in [0.29, 0.717) is 17.9 Å². The van der Waals surface area contributed by atoms with Crippen LogP contribution in [-0.2, 0) is 0 Å². The zero-order chi connectivity index (χ0) is 14.4. The summed E-state index contributed by atoms with van der Waals surface area (Å²) < 4.78 is 5.72. The fraction of sp³-hybridized carbons (Fsp3) is 0.588. The predicted molar refractivity (Wildman–Crippen MR) is 87.9 cm³/mol. The molecule has 4 heteroatoms. The van der Waals surface area contributed by atoms with Crippen LogP contribution in [0, 0.1) is 23.2 Å². The topological polar surface area (TPSA) is 36.3 Å². The Bertz CT molecular complexity index is 472. The van der Waals surface area contributed by atoms with Crippen LogP contribution in [0.2, 0.25) is 0 Å². The van der Waals surface area contributed by atoms with Crippen LogP contribution in [-0.4, -0.2) is 31.1 Å². The average molecular weight is 309 g/mol. The summed E-state index contributed by atoms with van der Waals surface area (Å²) in [6, 6.07) is 9.59. The maximum Gasteiger partial charge on any atom is 0.137 e. The molecule has 0 radical (unpaired) electrons. The second-order valence-corrected chi connectivity index (χ2v) is 5.85. The number of rotatable bonds is 5. The second-order valence-electron chi connectivity index (χ2n) is 5.85. The van der Waals surface area contributed by atoms with Crippen molar-refractivity contribution in [1.82, 2.24) is 4.90 Å². The number of halogens is 1. The first-order valence-electron chi connectivity index (χ1n) is 7.55. The largest absolute Gasteiger partial charge is 0.492 e. The molecule has 0 amide bonds. The van der Waals surface area contributed by atoms with Crippen LogP contribution >= 0.6 is 12.4 Å². The van der Waals surface area contributed by atoms with E-state index in [0.717, 1.165) is 24.8 Å². The van der Waals surface area contributed by atoms with Gasteiger partial charge in [-0.2, -0.15) is 5.26 Å². The van der Waals surface area contributed by atoms with Crippen molar-refractivity contribution in [2.24, 2.45) is 11.8 Å². The molecule has 0 aliphatic carbocycles. The SMILES string of the molecule is CC1CCN(CCCOc2ccccc2C#N)CC1C.Cl. The van der Waals surface area contributed by atoms with E-state index in [1.54, 1.807) is 6.07 Å². The van der Waals surface area contributed by atoms with Gasteiger partial charge in [0.1, 0.15) is 11.8 Å². The summed E-state index contributed by atoms with van der Waals surface area (Å²) in [5.74, 6) is 2.35. The third-order valence-corrected chi connectivity index (χ3v) is 4.30. The van der Waals surface area contributed by atoms with Gasteiger partial charge in [0, 0.05) is 13.1 Å². The van der Waals surface area contributed by atoms with Crippen molar-refractivity contribution in [1.29, 1.82) is 5.26 Å². The summed E-state index contributed by atoms with van der Waals surface area (Å²) in [5, 5.41) is 8.99. The zero-order valence-corrected chi connectivity index (χ0v) is 13.7. The van der Waals surface area contributed by atoms with Crippen molar-refractivity contribution < 1.29 is 4.74 Å². The Labute approximate surface area is 134 Å². The monoisotopic (exact) mass is 308 g/mol. The number of para-hydroxylation sites is 1. The van der Waals surface area contributed by atoms with Crippen LogP contribution in [0.25, 0.3) is 0 Å². The highest BCUT2D eigenvalue weighted by Gasteiger charge is 2.21. The first-order valence-corrected chi connectivity index (χ1v) is 7.55. The molecule has 2 rings (SSSR count). The fourth-order valence-electron chi connectivity index (χ4n) is 2.71. The lowest BCUT2D eigenvalue weighted by molar-refractivity contribution is 0.130. The predicted octanol–water partition coefficient (Wildman–Crippen LogP) is 3.73. The van der Waals surface area contributed by atoms with E-state index >= 15 is 0 Å². The summed E-state index contributed by atoms with van der Waals surface area (Å²) in [6.07, 6.45) is 2.32. The number of hydrogen-bond acceptors (Lipinski definition) is 3. The number of hydrogen-bond donors (Lipinski definition) is 0. The van der Waals surface area contributed by atoms with E-state index in [9.17, 15) is 0 Å². The van der Waals surface area contributed by atoms with E-state index in [2.05, 4.69) is 24.8 Å². The molecule has 1 aliphatic heterocycles. The van der Waals surface area contributed by atoms with Crippen LogP contribution in [0.4, 0.5) is 0 Å². The van der Waals surface area contributed by atoms with Gasteiger partial charge in [0.15, 0.2) is 0 Å². The van der Waals surface area contributed by atoms with E-state index < -0.39 is 0 Å². The Morgan fingerprint density at radius 3 is 2.76 bits per heavy atom. The minimum absolute atomic E-state index is 0. The van der Waals surface area contributed by atoms with Crippen molar-refractivity contribution in [3.8, 4) is 11.8 Å². The van der Waals surface area contributed by atoms with Gasteiger partial charge in [-0.15, -0.1) is 12.4 Å². The van der Waals surface area contributed by atoms with Gasteiger partial charge in [0.05, 0.1) is 12.2 Å². The minimum Gasteiger partial charge on any atom is -0.492 e. The number of nitrogens with zero attached hydrogens (tertiary/aromatic N) is 2. The number of ether oxygens (including phenoxy) is 1. The smallest absolute Gasteiger partial charge is 0.137 e. The van der Waals surface area contributed by atoms with Gasteiger partial charge in [-0.25, -0.2) is 0 Å². The first-order chi connectivity index (χ1) is 9.70. The Kier molecular flexibility index (Phi) is 7.56. The second kappa shape index (κ2) is 8.92. The van der Waals surface area contributed by atoms with E-state index in [1.165, 1.54) is 19.5 Å². The summed E-state index contributed by atoms with van der Waals surface area (Å²) in [7, 11) is 0. The van der Waals surface area contributed by atoms with Crippen molar-refractivity contribution in [3.05, 3.63) is 29.8 Å². The molecule has 0 N–H and O–H groups in total. The van der Waals surface area contributed by atoms with Crippen LogP contribution < -0.4 is 4.74 Å². The van der Waals surface area contributed by atoms with Crippen molar-refractivity contribution >= 4 is 12.4 Å². The zero-order valence-electron chi connectivity index (χ0n) is 12.9. The van der Waals surface area contributed by atoms with Gasteiger partial charge < -0.3 is 9.64 Å². The van der Waals surface area contributed by atoms with Crippen molar-refractivity contribution in [2.45, 2.75) is 26.7 Å². The minimum atomic E-state index is 0.